The number of aliphatic hydroxyl groups excluding tert-OH is 11. The molecule has 3 heterocycles. The van der Waals surface area contributed by atoms with Crippen molar-refractivity contribution in [2.45, 2.75) is 509 Å². The smallest absolute Gasteiger partial charge is 0.364 e. The van der Waals surface area contributed by atoms with Crippen LogP contribution in [0.4, 0.5) is 0 Å². The van der Waals surface area contributed by atoms with Gasteiger partial charge in [0, 0.05) is 19.8 Å². The molecule has 0 aliphatic carbocycles. The van der Waals surface area contributed by atoms with Crippen LogP contribution in [0.1, 0.15) is 400 Å². The summed E-state index contributed by atoms with van der Waals surface area (Å²) in [6.07, 6.45) is 47.9. The zero-order chi connectivity index (χ0) is 81.7. The Hall–Kier alpha value is -2.53. The van der Waals surface area contributed by atoms with Gasteiger partial charge in [0.15, 0.2) is 12.6 Å². The van der Waals surface area contributed by atoms with Gasteiger partial charge >= 0.3 is 5.97 Å². The van der Waals surface area contributed by atoms with Crippen LogP contribution in [-0.4, -0.2) is 215 Å². The molecule has 0 bridgehead atoms. The minimum atomic E-state index is -3.08. The third kappa shape index (κ3) is 45.6. The van der Waals surface area contributed by atoms with Gasteiger partial charge in [0.25, 0.3) is 5.79 Å². The van der Waals surface area contributed by atoms with Crippen molar-refractivity contribution in [3.05, 3.63) is 12.2 Å². The van der Waals surface area contributed by atoms with Gasteiger partial charge < -0.3 is 100 Å². The predicted molar refractivity (Wildman–Crippen MR) is 440 cm³/mol. The van der Waals surface area contributed by atoms with Gasteiger partial charge in [-0.15, -0.1) is 0 Å². The molecular formula is C89H168N2O21. The van der Waals surface area contributed by atoms with Crippen LogP contribution in [0.15, 0.2) is 12.2 Å². The molecule has 3 fully saturated rings. The monoisotopic (exact) mass is 1600 g/mol. The molecule has 0 saturated carbocycles. The van der Waals surface area contributed by atoms with Crippen LogP contribution in [0, 0.1) is 0 Å². The largest absolute Gasteiger partial charge is 0.477 e. The van der Waals surface area contributed by atoms with E-state index in [0.717, 1.165) is 58.3 Å². The second kappa shape index (κ2) is 67.3. The lowest BCUT2D eigenvalue weighted by Crippen LogP contribution is -2.70. The quantitative estimate of drug-likeness (QED) is 0.0199. The second-order valence-electron chi connectivity index (χ2n) is 33.5. The number of carboxylic acid groups (broad SMARTS) is 1. The van der Waals surface area contributed by atoms with Crippen LogP contribution < -0.4 is 10.6 Å². The second-order valence-corrected chi connectivity index (χ2v) is 33.5. The van der Waals surface area contributed by atoms with Crippen molar-refractivity contribution < 1.29 is 104 Å². The Balaban J connectivity index is 1.44. The number of carbonyl (C=O) groups excluding carboxylic acids is 2. The molecule has 18 unspecified atom stereocenters. The normalized spacial score (nSPS) is 25.4. The maximum atomic E-state index is 13.6. The van der Waals surface area contributed by atoms with Crippen molar-refractivity contribution in [1.29, 1.82) is 0 Å². The SMILES string of the molecule is CCCCCCCCCCCCCC/C=C\CCCCCCCCCCCCCCCCCCCC(=O)NC(COC1OC(CO)C(OC2OC(CO)C(O)C(OC3(C(=O)O)CC(O)C(NC(C)=O)C(C(O)C(O)CO)O3)C2O)C(O)C1O)C(O)CCCCCCCCCCCCCCCCCCCCCCCCCCC. The zero-order valence-electron chi connectivity index (χ0n) is 70.6. The number of nitrogens with one attached hydrogen (secondary N) is 2. The van der Waals surface area contributed by atoms with Crippen molar-refractivity contribution in [3.63, 3.8) is 0 Å². The van der Waals surface area contributed by atoms with Crippen LogP contribution in [0.3, 0.4) is 0 Å². The number of unbranched alkanes of at least 4 members (excludes halogenated alkanes) is 53. The van der Waals surface area contributed by atoms with E-state index in [-0.39, 0.29) is 18.9 Å². The lowest BCUT2D eigenvalue weighted by molar-refractivity contribution is -0.386. The third-order valence-electron chi connectivity index (χ3n) is 23.5. The standard InChI is InChI=1S/C89H168N2O21/c1-4-6-8-10-12-14-16-18-20-22-24-26-28-30-31-32-33-34-35-36-37-39-41-43-45-47-49-51-53-55-57-59-61-63-76(99)91-70(71(96)62-60-58-56-54-52-50-48-46-44-42-40-38-29-27-25-23-21-19-17-15-13-11-9-7-5-2)68-107-86-81(103)80(102)83(75(67-94)109-86)110-87-82(104)85(79(101)74(66-93)108-87)112-89(88(105)106)64-72(97)77(90-69(3)95)84(111-89)78(100)73(98)65-92/h30-31,70-75,77-87,92-94,96-98,100-104H,4-29,32-68H2,1-3H3,(H,90,95)(H,91,99)(H,105,106)/b31-30-. The molecule has 0 aromatic rings. The molecule has 14 N–H and O–H groups in total. The van der Waals surface area contributed by atoms with Gasteiger partial charge in [0.1, 0.15) is 67.1 Å². The molecule has 0 aromatic heterocycles. The van der Waals surface area contributed by atoms with E-state index in [2.05, 4.69) is 36.6 Å². The number of hydrogen-bond acceptors (Lipinski definition) is 20. The van der Waals surface area contributed by atoms with Gasteiger partial charge in [-0.1, -0.05) is 353 Å². The van der Waals surface area contributed by atoms with Crippen molar-refractivity contribution in [3.8, 4) is 0 Å². The highest BCUT2D eigenvalue weighted by molar-refractivity contribution is 5.77. The molecule has 3 aliphatic heterocycles. The fourth-order valence-electron chi connectivity index (χ4n) is 16.2. The van der Waals surface area contributed by atoms with Crippen LogP contribution >= 0.6 is 0 Å². The molecule has 0 spiro atoms. The minimum absolute atomic E-state index is 0.228. The van der Waals surface area contributed by atoms with Gasteiger partial charge in [0.05, 0.1) is 50.7 Å². The molecule has 0 aromatic carbocycles. The number of aliphatic hydroxyl groups is 11. The fourth-order valence-corrected chi connectivity index (χ4v) is 16.2. The maximum Gasteiger partial charge on any atom is 0.364 e. The van der Waals surface area contributed by atoms with Crippen LogP contribution in [-0.2, 0) is 42.8 Å². The predicted octanol–water partition coefficient (Wildman–Crippen LogP) is 14.9. The first kappa shape index (κ1) is 104. The number of amides is 2. The van der Waals surface area contributed by atoms with Crippen LogP contribution in [0.25, 0.3) is 0 Å². The molecule has 2 amide bonds. The lowest BCUT2D eigenvalue weighted by Gasteiger charge is -2.50. The van der Waals surface area contributed by atoms with Crippen molar-refractivity contribution in [2.24, 2.45) is 0 Å². The number of carboxylic acids is 1. The summed E-state index contributed by atoms with van der Waals surface area (Å²) in [4.78, 5) is 38.8. The lowest BCUT2D eigenvalue weighted by atomic mass is 9.88. The molecule has 23 heteroatoms. The van der Waals surface area contributed by atoms with E-state index >= 15 is 0 Å². The minimum Gasteiger partial charge on any atom is -0.477 e. The topological polar surface area (TPSA) is 373 Å². The zero-order valence-corrected chi connectivity index (χ0v) is 70.6. The average Bonchev–Trinajstić information content (AvgIpc) is 0.755. The first-order valence-electron chi connectivity index (χ1n) is 46.0. The molecule has 18 atom stereocenters. The highest BCUT2D eigenvalue weighted by Gasteiger charge is 2.60. The number of carbonyl (C=O) groups is 3. The highest BCUT2D eigenvalue weighted by Crippen LogP contribution is 2.39. The molecule has 23 nitrogen and oxygen atoms in total. The average molecular weight is 1600 g/mol. The van der Waals surface area contributed by atoms with Crippen molar-refractivity contribution >= 4 is 17.8 Å². The Bertz CT molecular complexity index is 2260. The van der Waals surface area contributed by atoms with E-state index in [4.69, 9.17) is 28.4 Å². The van der Waals surface area contributed by atoms with Gasteiger partial charge in [-0.3, -0.25) is 9.59 Å². The number of hydrogen-bond donors (Lipinski definition) is 14. The first-order valence-corrected chi connectivity index (χ1v) is 46.0. The van der Waals surface area contributed by atoms with Crippen LogP contribution in [0.5, 0.6) is 0 Å². The summed E-state index contributed by atoms with van der Waals surface area (Å²) in [5.41, 5.74) is 0. The summed E-state index contributed by atoms with van der Waals surface area (Å²) in [7, 11) is 0. The van der Waals surface area contributed by atoms with Crippen LogP contribution in [0.2, 0.25) is 0 Å². The fraction of sp³-hybridized carbons (Fsp3) is 0.944. The van der Waals surface area contributed by atoms with E-state index in [1.54, 1.807) is 0 Å². The van der Waals surface area contributed by atoms with Crippen molar-refractivity contribution in [1.82, 2.24) is 10.6 Å². The van der Waals surface area contributed by atoms with E-state index in [0.29, 0.717) is 19.3 Å². The molecule has 660 valence electrons. The van der Waals surface area contributed by atoms with Gasteiger partial charge in [-0.05, 0) is 38.5 Å². The first-order chi connectivity index (χ1) is 54.4. The number of allylic oxidation sites excluding steroid dienone is 2. The van der Waals surface area contributed by atoms with E-state index in [1.807, 2.05) is 0 Å². The van der Waals surface area contributed by atoms with Crippen molar-refractivity contribution in [2.75, 3.05) is 26.4 Å². The number of rotatable bonds is 75. The Morgan fingerprint density at radius 2 is 0.830 bits per heavy atom. The third-order valence-corrected chi connectivity index (χ3v) is 23.5. The van der Waals surface area contributed by atoms with E-state index < -0.39 is 148 Å². The molecule has 0 radical (unpaired) electrons. The number of aliphatic carboxylic acids is 1. The Kier molecular flexibility index (Phi) is 62.3. The van der Waals surface area contributed by atoms with Gasteiger partial charge in [0.2, 0.25) is 11.8 Å². The molecule has 112 heavy (non-hydrogen) atoms. The maximum absolute atomic E-state index is 13.6. The van der Waals surface area contributed by atoms with Gasteiger partial charge in [-0.25, -0.2) is 4.79 Å². The number of ether oxygens (including phenoxy) is 6. The summed E-state index contributed by atoms with van der Waals surface area (Å²) >= 11 is 0. The summed E-state index contributed by atoms with van der Waals surface area (Å²) in [5, 5.41) is 137. The van der Waals surface area contributed by atoms with E-state index in [9.17, 15) is 75.7 Å². The Morgan fingerprint density at radius 1 is 0.455 bits per heavy atom. The summed E-state index contributed by atoms with van der Waals surface area (Å²) in [6, 6.07) is -2.53. The highest BCUT2D eigenvalue weighted by atomic mass is 16.8. The molecular weight excluding hydrogens is 1430 g/mol. The molecule has 3 rings (SSSR count). The summed E-state index contributed by atoms with van der Waals surface area (Å²) in [6.45, 7) is 2.29. The Morgan fingerprint density at radius 3 is 1.21 bits per heavy atom. The van der Waals surface area contributed by atoms with Gasteiger partial charge in [-0.2, -0.15) is 0 Å². The molecule has 3 aliphatic rings. The summed E-state index contributed by atoms with van der Waals surface area (Å²) < 4.78 is 35.1. The summed E-state index contributed by atoms with van der Waals surface area (Å²) in [5.74, 6) is -6.09. The molecule has 3 saturated heterocycles. The van der Waals surface area contributed by atoms with E-state index in [1.165, 1.54) is 295 Å². The Labute approximate surface area is 677 Å².